The lowest BCUT2D eigenvalue weighted by Crippen LogP contribution is -2.18. The summed E-state index contributed by atoms with van der Waals surface area (Å²) in [5.74, 6) is 1.51. The molecule has 0 saturated carbocycles. The molecule has 164 valence electrons. The van der Waals surface area contributed by atoms with Crippen molar-refractivity contribution in [2.75, 3.05) is 18.5 Å². The van der Waals surface area contributed by atoms with Gasteiger partial charge in [0.1, 0.15) is 23.0 Å². The van der Waals surface area contributed by atoms with E-state index in [9.17, 15) is 4.79 Å². The standard InChI is InChI=1S/C25H24ClN3O3/c1-3-31-21-11-8-12-22(32-4-2)25(21)28-24(30)16-23-27-19-14-13-17(26)15-20(19)29(23)18-9-6-5-7-10-18/h5-15H,3-4,16H2,1-2H3,(H,28,30). The van der Waals surface area contributed by atoms with E-state index in [1.807, 2.05) is 79.1 Å². The number of para-hydroxylation sites is 2. The average Bonchev–Trinajstić information content (AvgIpc) is 3.13. The molecule has 4 rings (SSSR count). The summed E-state index contributed by atoms with van der Waals surface area (Å²) in [7, 11) is 0. The summed E-state index contributed by atoms with van der Waals surface area (Å²) in [6, 6.07) is 20.7. The highest BCUT2D eigenvalue weighted by Crippen LogP contribution is 2.35. The van der Waals surface area contributed by atoms with Crippen molar-refractivity contribution in [1.82, 2.24) is 9.55 Å². The Morgan fingerprint density at radius 1 is 0.969 bits per heavy atom. The molecule has 3 aromatic carbocycles. The smallest absolute Gasteiger partial charge is 0.232 e. The van der Waals surface area contributed by atoms with E-state index in [4.69, 9.17) is 26.1 Å². The van der Waals surface area contributed by atoms with Crippen LogP contribution in [0, 0.1) is 0 Å². The zero-order valence-corrected chi connectivity index (χ0v) is 18.7. The molecule has 32 heavy (non-hydrogen) atoms. The number of hydrogen-bond acceptors (Lipinski definition) is 4. The second kappa shape index (κ2) is 9.75. The number of imidazole rings is 1. The van der Waals surface area contributed by atoms with Crippen molar-refractivity contribution in [3.05, 3.63) is 77.6 Å². The zero-order valence-electron chi connectivity index (χ0n) is 18.0. The number of benzene rings is 3. The third-order valence-corrected chi connectivity index (χ3v) is 5.11. The Morgan fingerprint density at radius 2 is 1.66 bits per heavy atom. The van der Waals surface area contributed by atoms with Crippen LogP contribution in [0.4, 0.5) is 5.69 Å². The molecule has 0 aliphatic carbocycles. The van der Waals surface area contributed by atoms with E-state index in [2.05, 4.69) is 5.32 Å². The molecular weight excluding hydrogens is 426 g/mol. The number of amides is 1. The van der Waals surface area contributed by atoms with Gasteiger partial charge in [0.05, 0.1) is 30.7 Å². The monoisotopic (exact) mass is 449 g/mol. The van der Waals surface area contributed by atoms with Crippen LogP contribution < -0.4 is 14.8 Å². The van der Waals surface area contributed by atoms with Crippen LogP contribution >= 0.6 is 11.6 Å². The van der Waals surface area contributed by atoms with Gasteiger partial charge in [-0.3, -0.25) is 9.36 Å². The van der Waals surface area contributed by atoms with Gasteiger partial charge >= 0.3 is 0 Å². The highest BCUT2D eigenvalue weighted by atomic mass is 35.5. The van der Waals surface area contributed by atoms with Gasteiger partial charge in [0.2, 0.25) is 5.91 Å². The minimum Gasteiger partial charge on any atom is -0.492 e. The average molecular weight is 450 g/mol. The number of fused-ring (bicyclic) bond motifs is 1. The van der Waals surface area contributed by atoms with Crippen molar-refractivity contribution >= 4 is 34.2 Å². The Hall–Kier alpha value is -3.51. The Labute approximate surface area is 191 Å². The Balaban J connectivity index is 1.70. The van der Waals surface area contributed by atoms with Crippen molar-refractivity contribution in [3.63, 3.8) is 0 Å². The number of ether oxygens (including phenoxy) is 2. The van der Waals surface area contributed by atoms with Crippen molar-refractivity contribution in [2.45, 2.75) is 20.3 Å². The third-order valence-electron chi connectivity index (χ3n) is 4.87. The topological polar surface area (TPSA) is 65.4 Å². The summed E-state index contributed by atoms with van der Waals surface area (Å²) in [6.07, 6.45) is 0.0627. The van der Waals surface area contributed by atoms with Crippen molar-refractivity contribution < 1.29 is 14.3 Å². The van der Waals surface area contributed by atoms with Gasteiger partial charge < -0.3 is 14.8 Å². The second-order valence-corrected chi connectivity index (χ2v) is 7.49. The van der Waals surface area contributed by atoms with Gasteiger partial charge in [0, 0.05) is 10.7 Å². The molecule has 4 aromatic rings. The molecule has 0 spiro atoms. The maximum atomic E-state index is 13.1. The predicted octanol–water partition coefficient (Wildman–Crippen LogP) is 5.66. The lowest BCUT2D eigenvalue weighted by atomic mass is 10.2. The Bertz CT molecular complexity index is 1210. The molecule has 1 aromatic heterocycles. The van der Waals surface area contributed by atoms with E-state index in [1.54, 1.807) is 6.07 Å². The fourth-order valence-electron chi connectivity index (χ4n) is 3.60. The molecule has 0 fully saturated rings. The molecule has 0 bridgehead atoms. The zero-order chi connectivity index (χ0) is 22.5. The van der Waals surface area contributed by atoms with Crippen LogP contribution in [-0.4, -0.2) is 28.7 Å². The maximum absolute atomic E-state index is 13.1. The molecule has 7 heteroatoms. The first-order valence-corrected chi connectivity index (χ1v) is 10.9. The summed E-state index contributed by atoms with van der Waals surface area (Å²) in [5.41, 5.74) is 3.04. The first-order valence-electron chi connectivity index (χ1n) is 10.5. The minimum absolute atomic E-state index is 0.0627. The van der Waals surface area contributed by atoms with Crippen LogP contribution in [0.1, 0.15) is 19.7 Å². The van der Waals surface area contributed by atoms with Gasteiger partial charge in [-0.25, -0.2) is 4.98 Å². The van der Waals surface area contributed by atoms with Crippen molar-refractivity contribution in [3.8, 4) is 17.2 Å². The molecule has 1 heterocycles. The fraction of sp³-hybridized carbons (Fsp3) is 0.200. The Kier molecular flexibility index (Phi) is 6.61. The van der Waals surface area contributed by atoms with Gasteiger partial charge in [-0.1, -0.05) is 35.9 Å². The molecule has 0 aliphatic rings. The lowest BCUT2D eigenvalue weighted by Gasteiger charge is -2.16. The van der Waals surface area contributed by atoms with Gasteiger partial charge in [-0.2, -0.15) is 0 Å². The predicted molar refractivity (Wildman–Crippen MR) is 127 cm³/mol. The SMILES string of the molecule is CCOc1cccc(OCC)c1NC(=O)Cc1nc2ccc(Cl)cc2n1-c1ccccc1. The molecule has 0 atom stereocenters. The molecule has 0 unspecified atom stereocenters. The normalized spacial score (nSPS) is 10.8. The summed E-state index contributed by atoms with van der Waals surface area (Å²) in [5, 5.41) is 3.57. The molecule has 0 saturated heterocycles. The van der Waals surface area contributed by atoms with E-state index >= 15 is 0 Å². The van der Waals surface area contributed by atoms with E-state index in [1.165, 1.54) is 0 Å². The number of nitrogens with one attached hydrogen (secondary N) is 1. The van der Waals surface area contributed by atoms with Crippen molar-refractivity contribution in [2.24, 2.45) is 0 Å². The molecule has 1 amide bonds. The van der Waals surface area contributed by atoms with E-state index < -0.39 is 0 Å². The van der Waals surface area contributed by atoms with Crippen LogP contribution in [0.3, 0.4) is 0 Å². The molecular formula is C25H24ClN3O3. The number of nitrogens with zero attached hydrogens (tertiary/aromatic N) is 2. The van der Waals surface area contributed by atoms with Gasteiger partial charge in [-0.05, 0) is 56.3 Å². The summed E-state index contributed by atoms with van der Waals surface area (Å²) < 4.78 is 13.4. The number of carbonyl (C=O) groups is 1. The maximum Gasteiger partial charge on any atom is 0.232 e. The molecule has 6 nitrogen and oxygen atoms in total. The summed E-state index contributed by atoms with van der Waals surface area (Å²) in [4.78, 5) is 17.8. The number of carbonyl (C=O) groups excluding carboxylic acids is 1. The second-order valence-electron chi connectivity index (χ2n) is 7.05. The molecule has 0 radical (unpaired) electrons. The number of aromatic nitrogens is 2. The number of anilines is 1. The summed E-state index contributed by atoms with van der Waals surface area (Å²) in [6.45, 7) is 4.74. The number of halogens is 1. The van der Waals surface area contributed by atoms with Gasteiger partial charge in [0.25, 0.3) is 0 Å². The fourth-order valence-corrected chi connectivity index (χ4v) is 3.76. The molecule has 1 N–H and O–H groups in total. The number of hydrogen-bond donors (Lipinski definition) is 1. The van der Waals surface area contributed by atoms with E-state index in [0.717, 1.165) is 16.7 Å². The largest absolute Gasteiger partial charge is 0.492 e. The highest BCUT2D eigenvalue weighted by Gasteiger charge is 2.19. The van der Waals surface area contributed by atoms with Crippen LogP contribution in [0.5, 0.6) is 11.5 Å². The third kappa shape index (κ3) is 4.55. The van der Waals surface area contributed by atoms with Crippen LogP contribution in [0.15, 0.2) is 66.7 Å². The first-order chi connectivity index (χ1) is 15.6. The van der Waals surface area contributed by atoms with Gasteiger partial charge in [0.15, 0.2) is 0 Å². The first kappa shape index (κ1) is 21.7. The van der Waals surface area contributed by atoms with Crippen LogP contribution in [0.2, 0.25) is 5.02 Å². The van der Waals surface area contributed by atoms with Crippen LogP contribution in [-0.2, 0) is 11.2 Å². The van der Waals surface area contributed by atoms with Crippen molar-refractivity contribution in [1.29, 1.82) is 0 Å². The number of rotatable bonds is 8. The minimum atomic E-state index is -0.225. The quantitative estimate of drug-likeness (QED) is 0.377. The summed E-state index contributed by atoms with van der Waals surface area (Å²) >= 11 is 6.25. The van der Waals surface area contributed by atoms with E-state index in [-0.39, 0.29) is 12.3 Å². The molecule has 0 aliphatic heterocycles. The van der Waals surface area contributed by atoms with Crippen LogP contribution in [0.25, 0.3) is 16.7 Å². The highest BCUT2D eigenvalue weighted by molar-refractivity contribution is 6.31. The van der Waals surface area contributed by atoms with E-state index in [0.29, 0.717) is 41.2 Å². The Morgan fingerprint density at radius 3 is 2.31 bits per heavy atom. The van der Waals surface area contributed by atoms with Gasteiger partial charge in [-0.15, -0.1) is 0 Å². The lowest BCUT2D eigenvalue weighted by molar-refractivity contribution is -0.115.